The van der Waals surface area contributed by atoms with E-state index < -0.39 is 22.9 Å². The molecule has 1 rings (SSSR count). The van der Waals surface area contributed by atoms with Crippen LogP contribution in [0.4, 0.5) is 8.78 Å². The lowest BCUT2D eigenvalue weighted by molar-refractivity contribution is 0.224. The summed E-state index contributed by atoms with van der Waals surface area (Å²) in [7, 11) is 0. The van der Waals surface area contributed by atoms with Gasteiger partial charge in [-0.05, 0) is 26.0 Å². The van der Waals surface area contributed by atoms with E-state index in [1.807, 2.05) is 0 Å². The van der Waals surface area contributed by atoms with Gasteiger partial charge >= 0.3 is 0 Å². The molecule has 2 N–H and O–H groups in total. The Labute approximate surface area is 92.4 Å². The van der Waals surface area contributed by atoms with Crippen LogP contribution in [0.2, 0.25) is 0 Å². The molecule has 0 bridgehead atoms. The monoisotopic (exact) mass is 226 g/mol. The van der Waals surface area contributed by atoms with E-state index in [4.69, 9.17) is 15.7 Å². The minimum atomic E-state index is -0.902. The van der Waals surface area contributed by atoms with Gasteiger partial charge in [0.15, 0.2) is 17.4 Å². The third kappa shape index (κ3) is 3.17. The average Bonchev–Trinajstić information content (AvgIpc) is 2.14. The van der Waals surface area contributed by atoms with E-state index in [9.17, 15) is 8.78 Å². The SMILES string of the molecule is CC(C)(N)COc1c(F)cc(C#N)cc1F. The van der Waals surface area contributed by atoms with E-state index in [-0.39, 0.29) is 12.2 Å². The normalized spacial score (nSPS) is 11.0. The second-order valence-electron chi connectivity index (χ2n) is 4.16. The average molecular weight is 226 g/mol. The van der Waals surface area contributed by atoms with Crippen LogP contribution in [0.15, 0.2) is 12.1 Å². The zero-order valence-electron chi connectivity index (χ0n) is 9.05. The van der Waals surface area contributed by atoms with Crippen LogP contribution in [0.3, 0.4) is 0 Å². The molecule has 0 amide bonds. The molecule has 0 saturated carbocycles. The summed E-state index contributed by atoms with van der Waals surface area (Å²) in [5.41, 5.74) is 4.84. The van der Waals surface area contributed by atoms with Crippen LogP contribution in [-0.2, 0) is 0 Å². The van der Waals surface area contributed by atoms with Gasteiger partial charge in [-0.25, -0.2) is 8.78 Å². The summed E-state index contributed by atoms with van der Waals surface area (Å²) in [6, 6.07) is 3.49. The molecule has 0 fully saturated rings. The molecule has 0 aliphatic rings. The van der Waals surface area contributed by atoms with E-state index in [1.165, 1.54) is 0 Å². The van der Waals surface area contributed by atoms with Crippen molar-refractivity contribution in [2.75, 3.05) is 6.61 Å². The van der Waals surface area contributed by atoms with E-state index in [0.717, 1.165) is 12.1 Å². The maximum absolute atomic E-state index is 13.3. The Morgan fingerprint density at radius 3 is 2.25 bits per heavy atom. The molecule has 1 aromatic rings. The first-order valence-corrected chi connectivity index (χ1v) is 4.64. The number of hydrogen-bond donors (Lipinski definition) is 1. The van der Waals surface area contributed by atoms with Crippen molar-refractivity contribution < 1.29 is 13.5 Å². The van der Waals surface area contributed by atoms with Crippen LogP contribution < -0.4 is 10.5 Å². The Bertz CT molecular complexity index is 410. The molecule has 86 valence electrons. The van der Waals surface area contributed by atoms with Gasteiger partial charge in [0.2, 0.25) is 0 Å². The zero-order valence-corrected chi connectivity index (χ0v) is 9.05. The lowest BCUT2D eigenvalue weighted by Gasteiger charge is -2.19. The van der Waals surface area contributed by atoms with Crippen molar-refractivity contribution in [2.45, 2.75) is 19.4 Å². The summed E-state index contributed by atoms with van der Waals surface area (Å²) in [5.74, 6) is -2.31. The Balaban J connectivity index is 2.94. The van der Waals surface area contributed by atoms with Gasteiger partial charge in [0, 0.05) is 5.54 Å². The van der Waals surface area contributed by atoms with Crippen molar-refractivity contribution in [1.82, 2.24) is 0 Å². The molecule has 0 heterocycles. The smallest absolute Gasteiger partial charge is 0.190 e. The Morgan fingerprint density at radius 2 is 1.88 bits per heavy atom. The van der Waals surface area contributed by atoms with Crippen LogP contribution in [0.5, 0.6) is 5.75 Å². The molecule has 1 aromatic carbocycles. The molecule has 0 aliphatic heterocycles. The number of hydrogen-bond acceptors (Lipinski definition) is 3. The standard InChI is InChI=1S/C11H12F2N2O/c1-11(2,15)6-16-10-8(12)3-7(5-14)4-9(10)13/h3-4H,6,15H2,1-2H3. The number of nitriles is 1. The second kappa shape index (κ2) is 4.45. The predicted molar refractivity (Wildman–Crippen MR) is 54.8 cm³/mol. The molecular weight excluding hydrogens is 214 g/mol. The van der Waals surface area contributed by atoms with Gasteiger partial charge in [0.05, 0.1) is 11.6 Å². The van der Waals surface area contributed by atoms with Crippen LogP contribution in [-0.4, -0.2) is 12.1 Å². The van der Waals surface area contributed by atoms with Crippen molar-refractivity contribution in [2.24, 2.45) is 5.73 Å². The Morgan fingerprint density at radius 1 is 1.38 bits per heavy atom. The van der Waals surface area contributed by atoms with Crippen LogP contribution in [0.25, 0.3) is 0 Å². The van der Waals surface area contributed by atoms with Gasteiger partial charge in [0.25, 0.3) is 0 Å². The third-order valence-corrected chi connectivity index (χ3v) is 1.72. The molecule has 3 nitrogen and oxygen atoms in total. The van der Waals surface area contributed by atoms with Gasteiger partial charge in [-0.3, -0.25) is 0 Å². The first-order valence-electron chi connectivity index (χ1n) is 4.64. The van der Waals surface area contributed by atoms with Gasteiger partial charge in [-0.1, -0.05) is 0 Å². The highest BCUT2D eigenvalue weighted by Gasteiger charge is 2.17. The molecule has 0 spiro atoms. The number of nitrogens with zero attached hydrogens (tertiary/aromatic N) is 1. The van der Waals surface area contributed by atoms with E-state index in [2.05, 4.69) is 0 Å². The summed E-state index contributed by atoms with van der Waals surface area (Å²) in [5, 5.41) is 8.49. The van der Waals surface area contributed by atoms with Crippen molar-refractivity contribution in [3.8, 4) is 11.8 Å². The fourth-order valence-corrected chi connectivity index (χ4v) is 1.02. The highest BCUT2D eigenvalue weighted by Crippen LogP contribution is 2.23. The quantitative estimate of drug-likeness (QED) is 0.856. The van der Waals surface area contributed by atoms with Crippen molar-refractivity contribution in [3.05, 3.63) is 29.3 Å². The van der Waals surface area contributed by atoms with Crippen LogP contribution >= 0.6 is 0 Å². The van der Waals surface area contributed by atoms with E-state index in [1.54, 1.807) is 19.9 Å². The summed E-state index contributed by atoms with van der Waals surface area (Å²) in [6.07, 6.45) is 0. The minimum absolute atomic E-state index is 0.0211. The molecule has 0 saturated heterocycles. The number of nitrogens with two attached hydrogens (primary N) is 1. The molecule has 5 heteroatoms. The van der Waals surface area contributed by atoms with Crippen molar-refractivity contribution >= 4 is 0 Å². The van der Waals surface area contributed by atoms with E-state index in [0.29, 0.717) is 0 Å². The lowest BCUT2D eigenvalue weighted by atomic mass is 10.1. The van der Waals surface area contributed by atoms with Gasteiger partial charge in [-0.15, -0.1) is 0 Å². The fraction of sp³-hybridized carbons (Fsp3) is 0.364. The van der Waals surface area contributed by atoms with Gasteiger partial charge in [-0.2, -0.15) is 5.26 Å². The summed E-state index contributed by atoms with van der Waals surface area (Å²) >= 11 is 0. The van der Waals surface area contributed by atoms with Crippen LogP contribution in [0, 0.1) is 23.0 Å². The first kappa shape index (κ1) is 12.4. The fourth-order valence-electron chi connectivity index (χ4n) is 1.02. The predicted octanol–water partition coefficient (Wildman–Crippen LogP) is 1.95. The number of ether oxygens (including phenoxy) is 1. The Hall–Kier alpha value is -1.67. The minimum Gasteiger partial charge on any atom is -0.486 e. The highest BCUT2D eigenvalue weighted by molar-refractivity contribution is 5.37. The third-order valence-electron chi connectivity index (χ3n) is 1.72. The largest absolute Gasteiger partial charge is 0.486 e. The number of rotatable bonds is 3. The van der Waals surface area contributed by atoms with Crippen LogP contribution in [0.1, 0.15) is 19.4 Å². The summed E-state index contributed by atoms with van der Waals surface area (Å²) in [6.45, 7) is 3.33. The topological polar surface area (TPSA) is 59.0 Å². The van der Waals surface area contributed by atoms with Crippen molar-refractivity contribution in [1.29, 1.82) is 5.26 Å². The Kier molecular flexibility index (Phi) is 3.45. The number of benzene rings is 1. The molecular formula is C11H12F2N2O. The van der Waals surface area contributed by atoms with Crippen molar-refractivity contribution in [3.63, 3.8) is 0 Å². The van der Waals surface area contributed by atoms with Gasteiger partial charge < -0.3 is 10.5 Å². The second-order valence-corrected chi connectivity index (χ2v) is 4.16. The molecule has 0 radical (unpaired) electrons. The van der Waals surface area contributed by atoms with Gasteiger partial charge in [0.1, 0.15) is 6.61 Å². The molecule has 0 aliphatic carbocycles. The highest BCUT2D eigenvalue weighted by atomic mass is 19.1. The summed E-state index contributed by atoms with van der Waals surface area (Å²) in [4.78, 5) is 0. The molecule has 0 unspecified atom stereocenters. The molecule has 0 aromatic heterocycles. The zero-order chi connectivity index (χ0) is 12.3. The first-order chi connectivity index (χ1) is 7.33. The molecule has 0 atom stereocenters. The number of halogens is 2. The maximum atomic E-state index is 13.3. The maximum Gasteiger partial charge on any atom is 0.190 e. The van der Waals surface area contributed by atoms with E-state index >= 15 is 0 Å². The molecule has 16 heavy (non-hydrogen) atoms. The summed E-state index contributed by atoms with van der Waals surface area (Å²) < 4.78 is 31.6. The lowest BCUT2D eigenvalue weighted by Crippen LogP contribution is -2.39.